The van der Waals surface area contributed by atoms with Crippen molar-refractivity contribution in [2.24, 2.45) is 0 Å². The lowest BCUT2D eigenvalue weighted by atomic mass is 10.5. The number of hydrogen-bond donors (Lipinski definition) is 2. The normalized spacial score (nSPS) is 11.0. The Bertz CT molecular complexity index is 142. The second-order valence-electron chi connectivity index (χ2n) is 2.18. The molecule has 5 nitrogen and oxygen atoms in total. The predicted octanol–water partition coefficient (Wildman–Crippen LogP) is 1.33. The Morgan fingerprint density at radius 3 is 1.46 bits per heavy atom. The highest BCUT2D eigenvalue weighted by Crippen LogP contribution is 2.35. The minimum Gasteiger partial charge on any atom is -0.304 e. The van der Waals surface area contributed by atoms with Crippen molar-refractivity contribution in [2.75, 3.05) is 19.6 Å². The summed E-state index contributed by atoms with van der Waals surface area (Å²) < 4.78 is 21.4. The quantitative estimate of drug-likeness (QED) is 0.695. The van der Waals surface area contributed by atoms with Crippen molar-refractivity contribution < 1.29 is 23.6 Å². The number of phosphoric acid groups is 1. The zero-order valence-corrected chi connectivity index (χ0v) is 9.00. The maximum Gasteiger partial charge on any atom is 0.500 e. The minimum absolute atomic E-state index is 1.19. The first-order valence-electron chi connectivity index (χ1n) is 3.99. The molecule has 2 N–H and O–H groups in total. The first-order chi connectivity index (χ1) is 5.91. The molecule has 0 spiro atoms. The van der Waals surface area contributed by atoms with Gasteiger partial charge in [-0.1, -0.05) is 25.5 Å². The minimum atomic E-state index is -4.81. The van der Waals surface area contributed by atoms with Crippen molar-refractivity contribution in [2.45, 2.75) is 20.8 Å². The third kappa shape index (κ3) is 14.8. The van der Waals surface area contributed by atoms with Gasteiger partial charge in [0.2, 0.25) is 0 Å². The molecular formula is C6H17FNO4P. The van der Waals surface area contributed by atoms with Gasteiger partial charge in [0.25, 0.3) is 0 Å². The van der Waals surface area contributed by atoms with Crippen LogP contribution < -0.4 is 0 Å². The van der Waals surface area contributed by atoms with Gasteiger partial charge in [-0.15, -0.1) is 0 Å². The van der Waals surface area contributed by atoms with Gasteiger partial charge in [0, 0.05) is 0 Å². The van der Waals surface area contributed by atoms with Crippen LogP contribution >= 0.6 is 7.82 Å². The number of halogens is 1. The van der Waals surface area contributed by atoms with Gasteiger partial charge in [-0.05, 0) is 24.2 Å². The Hall–Kier alpha value is -0.0000000000000000555. The van der Waals surface area contributed by atoms with Gasteiger partial charge >= 0.3 is 7.82 Å². The first-order valence-corrected chi connectivity index (χ1v) is 5.52. The van der Waals surface area contributed by atoms with Crippen LogP contribution in [0.2, 0.25) is 0 Å². The van der Waals surface area contributed by atoms with E-state index in [0.29, 0.717) is 0 Å². The van der Waals surface area contributed by atoms with Gasteiger partial charge in [0.15, 0.2) is 0 Å². The van der Waals surface area contributed by atoms with Crippen LogP contribution in [0.3, 0.4) is 0 Å². The van der Waals surface area contributed by atoms with Crippen LogP contribution in [0.15, 0.2) is 0 Å². The van der Waals surface area contributed by atoms with E-state index < -0.39 is 7.82 Å². The molecule has 0 aromatic rings. The third-order valence-corrected chi connectivity index (χ3v) is 1.61. The van der Waals surface area contributed by atoms with Crippen LogP contribution in [0.1, 0.15) is 20.8 Å². The zero-order valence-electron chi connectivity index (χ0n) is 8.10. The number of nitrogens with zero attached hydrogens (tertiary/aromatic N) is 1. The number of hydrogen-bond acceptors (Lipinski definition) is 3. The second kappa shape index (κ2) is 8.59. The molecule has 0 saturated carbocycles. The van der Waals surface area contributed by atoms with Crippen molar-refractivity contribution in [3.63, 3.8) is 0 Å². The lowest BCUT2D eigenvalue weighted by molar-refractivity contribution is -0.0389. The summed E-state index contributed by atoms with van der Waals surface area (Å²) in [6.45, 7) is 10.1. The summed E-state index contributed by atoms with van der Waals surface area (Å²) in [5, 5.41) is 0. The Balaban J connectivity index is 0. The highest BCUT2D eigenvalue weighted by atomic mass is 31.2. The molecule has 13 heavy (non-hydrogen) atoms. The van der Waals surface area contributed by atoms with E-state index in [2.05, 4.69) is 30.4 Å². The molecule has 0 atom stereocenters. The molecular weight excluding hydrogens is 200 g/mol. The van der Waals surface area contributed by atoms with Crippen molar-refractivity contribution in [3.8, 4) is 0 Å². The standard InChI is InChI=1S/C6H15N.FH2O4P/c1-4-7(5-2)6-3;1-5-6(2,3)4/h4-6H2,1-3H3;(H2,2,3,4). The largest absolute Gasteiger partial charge is 0.500 e. The topological polar surface area (TPSA) is 70.0 Å². The molecule has 0 aromatic carbocycles. The van der Waals surface area contributed by atoms with E-state index in [9.17, 15) is 4.53 Å². The molecule has 0 rings (SSSR count). The molecule has 0 fully saturated rings. The van der Waals surface area contributed by atoms with E-state index in [1.54, 1.807) is 0 Å². The summed E-state index contributed by atoms with van der Waals surface area (Å²) >= 11 is 0. The lowest BCUT2D eigenvalue weighted by Crippen LogP contribution is -2.21. The average molecular weight is 217 g/mol. The molecule has 0 aliphatic rings. The van der Waals surface area contributed by atoms with Crippen LogP contribution in [-0.4, -0.2) is 34.3 Å². The summed E-state index contributed by atoms with van der Waals surface area (Å²) in [5.41, 5.74) is 0. The summed E-state index contributed by atoms with van der Waals surface area (Å²) in [5.74, 6) is 0. The Kier molecular flexibility index (Phi) is 10.2. The van der Waals surface area contributed by atoms with Crippen LogP contribution in [0.5, 0.6) is 0 Å². The molecule has 0 aromatic heterocycles. The van der Waals surface area contributed by atoms with Crippen molar-refractivity contribution in [1.82, 2.24) is 4.90 Å². The molecule has 7 heteroatoms. The summed E-state index contributed by atoms with van der Waals surface area (Å²) in [4.78, 5) is 17.1. The Labute approximate surface area is 77.6 Å². The zero-order chi connectivity index (χ0) is 10.9. The predicted molar refractivity (Wildman–Crippen MR) is 47.7 cm³/mol. The monoisotopic (exact) mass is 217 g/mol. The van der Waals surface area contributed by atoms with Crippen LogP contribution in [0.25, 0.3) is 0 Å². The Morgan fingerprint density at radius 1 is 1.23 bits per heavy atom. The molecule has 0 heterocycles. The highest BCUT2D eigenvalue weighted by Gasteiger charge is 2.12. The van der Waals surface area contributed by atoms with E-state index >= 15 is 0 Å². The molecule has 0 bridgehead atoms. The fourth-order valence-electron chi connectivity index (χ4n) is 0.671. The highest BCUT2D eigenvalue weighted by molar-refractivity contribution is 7.46. The molecule has 0 radical (unpaired) electrons. The molecule has 0 saturated heterocycles. The second-order valence-corrected chi connectivity index (χ2v) is 3.30. The number of rotatable bonds is 4. The third-order valence-electron chi connectivity index (χ3n) is 1.43. The maximum absolute atomic E-state index is 10.2. The van der Waals surface area contributed by atoms with E-state index in [0.717, 1.165) is 0 Å². The summed E-state index contributed by atoms with van der Waals surface area (Å²) in [6, 6.07) is 0. The fraction of sp³-hybridized carbons (Fsp3) is 1.00. The first kappa shape index (κ1) is 15.5. The molecule has 0 unspecified atom stereocenters. The smallest absolute Gasteiger partial charge is 0.304 e. The molecule has 0 amide bonds. The van der Waals surface area contributed by atoms with E-state index in [-0.39, 0.29) is 0 Å². The molecule has 82 valence electrons. The van der Waals surface area contributed by atoms with Crippen LogP contribution in [0, 0.1) is 0 Å². The van der Waals surface area contributed by atoms with Crippen LogP contribution in [0.4, 0.5) is 4.53 Å². The van der Waals surface area contributed by atoms with Crippen molar-refractivity contribution in [1.29, 1.82) is 0 Å². The summed E-state index contributed by atoms with van der Waals surface area (Å²) in [6.07, 6.45) is 0. The van der Waals surface area contributed by atoms with Gasteiger partial charge in [-0.3, -0.25) is 0 Å². The summed E-state index contributed by atoms with van der Waals surface area (Å²) in [7, 11) is -4.81. The van der Waals surface area contributed by atoms with Gasteiger partial charge in [-0.2, -0.15) is 0 Å². The van der Waals surface area contributed by atoms with Crippen molar-refractivity contribution >= 4 is 7.82 Å². The SMILES string of the molecule is CCN(CC)CC.O=P(O)(O)OF. The maximum atomic E-state index is 10.2. The van der Waals surface area contributed by atoms with Gasteiger partial charge in [-0.25, -0.2) is 4.57 Å². The Morgan fingerprint density at radius 2 is 1.46 bits per heavy atom. The van der Waals surface area contributed by atoms with Gasteiger partial charge < -0.3 is 14.7 Å². The average Bonchev–Trinajstić information content (AvgIpc) is 2.07. The molecule has 0 aliphatic carbocycles. The van der Waals surface area contributed by atoms with E-state index in [1.165, 1.54) is 19.6 Å². The molecule has 0 aliphatic heterocycles. The van der Waals surface area contributed by atoms with E-state index in [1.807, 2.05) is 0 Å². The van der Waals surface area contributed by atoms with E-state index in [4.69, 9.17) is 14.4 Å². The van der Waals surface area contributed by atoms with Gasteiger partial charge in [0.1, 0.15) is 0 Å². The fourth-order valence-corrected chi connectivity index (χ4v) is 0.671. The van der Waals surface area contributed by atoms with Crippen LogP contribution in [-0.2, 0) is 9.29 Å². The van der Waals surface area contributed by atoms with Crippen molar-refractivity contribution in [3.05, 3.63) is 0 Å². The van der Waals surface area contributed by atoms with Gasteiger partial charge in [0.05, 0.1) is 0 Å². The lowest BCUT2D eigenvalue weighted by Gasteiger charge is -2.13.